The highest BCUT2D eigenvalue weighted by molar-refractivity contribution is 5.68. The summed E-state index contributed by atoms with van der Waals surface area (Å²) in [5, 5.41) is 11.1. The molecule has 1 aromatic rings. The summed E-state index contributed by atoms with van der Waals surface area (Å²) < 4.78 is 5.38. The molecule has 1 aliphatic rings. The van der Waals surface area contributed by atoms with Crippen LogP contribution in [-0.4, -0.2) is 53.2 Å². The van der Waals surface area contributed by atoms with Crippen LogP contribution in [0.25, 0.3) is 0 Å². The third-order valence-electron chi connectivity index (χ3n) is 3.79. The van der Waals surface area contributed by atoms with Crippen molar-refractivity contribution in [3.63, 3.8) is 0 Å². The van der Waals surface area contributed by atoms with Crippen molar-refractivity contribution in [2.75, 3.05) is 31.6 Å². The lowest BCUT2D eigenvalue weighted by atomic mass is 10.1. The van der Waals surface area contributed by atoms with Gasteiger partial charge in [0, 0.05) is 38.9 Å². The third kappa shape index (κ3) is 4.56. The highest BCUT2D eigenvalue weighted by Gasteiger charge is 2.31. The fourth-order valence-electron chi connectivity index (χ4n) is 2.77. The van der Waals surface area contributed by atoms with E-state index in [2.05, 4.69) is 4.98 Å². The largest absolute Gasteiger partial charge is 0.444 e. The number of amides is 1. The van der Waals surface area contributed by atoms with Gasteiger partial charge in [0.2, 0.25) is 5.82 Å². The number of pyridine rings is 1. The van der Waals surface area contributed by atoms with Gasteiger partial charge in [-0.05, 0) is 39.2 Å². The highest BCUT2D eigenvalue weighted by Crippen LogP contribution is 2.26. The fourth-order valence-corrected chi connectivity index (χ4v) is 2.77. The molecule has 2 heterocycles. The minimum Gasteiger partial charge on any atom is -0.444 e. The lowest BCUT2D eigenvalue weighted by Gasteiger charge is -2.25. The average molecular weight is 336 g/mol. The van der Waals surface area contributed by atoms with Crippen LogP contribution in [0.1, 0.15) is 27.2 Å². The minimum absolute atomic E-state index is 0.0120. The Hall–Kier alpha value is -2.38. The van der Waals surface area contributed by atoms with Gasteiger partial charge < -0.3 is 14.5 Å². The van der Waals surface area contributed by atoms with Crippen LogP contribution in [-0.2, 0) is 4.74 Å². The molecule has 1 fully saturated rings. The van der Waals surface area contributed by atoms with E-state index < -0.39 is 10.5 Å². The summed E-state index contributed by atoms with van der Waals surface area (Å²) in [6.45, 7) is 7.33. The summed E-state index contributed by atoms with van der Waals surface area (Å²) in [5.74, 6) is 0.572. The molecule has 1 saturated heterocycles. The lowest BCUT2D eigenvalue weighted by molar-refractivity contribution is -0.384. The van der Waals surface area contributed by atoms with Crippen molar-refractivity contribution in [3.8, 4) is 0 Å². The fraction of sp³-hybridized carbons (Fsp3) is 0.625. The van der Waals surface area contributed by atoms with Crippen LogP contribution in [0, 0.1) is 16.0 Å². The number of carbonyl (C=O) groups is 1. The summed E-state index contributed by atoms with van der Waals surface area (Å²) in [7, 11) is 1.78. The smallest absolute Gasteiger partial charge is 0.410 e. The second-order valence-electron chi connectivity index (χ2n) is 7.06. The summed E-state index contributed by atoms with van der Waals surface area (Å²) in [4.78, 5) is 30.4. The summed E-state index contributed by atoms with van der Waals surface area (Å²) in [6.07, 6.45) is 2.07. The van der Waals surface area contributed by atoms with Crippen LogP contribution in [0.5, 0.6) is 0 Å². The Kier molecular flexibility index (Phi) is 5.26. The van der Waals surface area contributed by atoms with Crippen LogP contribution < -0.4 is 4.90 Å². The molecule has 0 radical (unpaired) electrons. The summed E-state index contributed by atoms with van der Waals surface area (Å²) in [6, 6.07) is 3.00. The first-order valence-electron chi connectivity index (χ1n) is 7.96. The van der Waals surface area contributed by atoms with Gasteiger partial charge in [-0.3, -0.25) is 10.1 Å². The normalized spacial score (nSPS) is 17.7. The van der Waals surface area contributed by atoms with Crippen molar-refractivity contribution in [2.24, 2.45) is 5.92 Å². The maximum atomic E-state index is 12.1. The van der Waals surface area contributed by atoms with Crippen molar-refractivity contribution in [1.29, 1.82) is 0 Å². The van der Waals surface area contributed by atoms with Gasteiger partial charge >= 0.3 is 11.8 Å². The Bertz CT molecular complexity index is 614. The second kappa shape index (κ2) is 7.02. The number of rotatable bonds is 4. The molecule has 0 N–H and O–H groups in total. The molecular formula is C16H24N4O4. The van der Waals surface area contributed by atoms with Gasteiger partial charge in [0.25, 0.3) is 0 Å². The molecule has 1 amide bonds. The number of ether oxygens (including phenoxy) is 1. The maximum absolute atomic E-state index is 12.1. The highest BCUT2D eigenvalue weighted by atomic mass is 16.6. The standard InChI is InChI=1S/C16H24N4O4/c1-16(2,3)24-15(21)19-9-7-12(11-19)10-18(4)14-13(20(22)23)6-5-8-17-14/h5-6,8,12H,7,9-11H2,1-4H3/t12-/m1/s1. The van der Waals surface area contributed by atoms with E-state index in [9.17, 15) is 14.9 Å². The van der Waals surface area contributed by atoms with Crippen LogP contribution >= 0.6 is 0 Å². The first-order valence-corrected chi connectivity index (χ1v) is 7.96. The molecule has 0 unspecified atom stereocenters. The summed E-state index contributed by atoms with van der Waals surface area (Å²) >= 11 is 0. The number of hydrogen-bond acceptors (Lipinski definition) is 6. The van der Waals surface area contributed by atoms with Gasteiger partial charge in [-0.25, -0.2) is 9.78 Å². The topological polar surface area (TPSA) is 88.8 Å². The van der Waals surface area contributed by atoms with E-state index in [4.69, 9.17) is 4.74 Å². The van der Waals surface area contributed by atoms with E-state index in [1.165, 1.54) is 6.07 Å². The molecule has 0 aliphatic carbocycles. The number of aromatic nitrogens is 1. The molecule has 0 aromatic carbocycles. The zero-order valence-corrected chi connectivity index (χ0v) is 14.6. The minimum atomic E-state index is -0.513. The van der Waals surface area contributed by atoms with Gasteiger partial charge in [-0.2, -0.15) is 0 Å². The van der Waals surface area contributed by atoms with Crippen molar-refractivity contribution in [1.82, 2.24) is 9.88 Å². The molecule has 8 heteroatoms. The molecule has 0 bridgehead atoms. The number of carbonyl (C=O) groups excluding carboxylic acids is 1. The molecule has 1 aliphatic heterocycles. The monoisotopic (exact) mass is 336 g/mol. The average Bonchev–Trinajstić information content (AvgIpc) is 2.94. The number of anilines is 1. The SMILES string of the molecule is CN(C[C@H]1CCN(C(=O)OC(C)(C)C)C1)c1ncccc1[N+](=O)[O-]. The van der Waals surface area contributed by atoms with Gasteiger partial charge in [0.05, 0.1) is 4.92 Å². The van der Waals surface area contributed by atoms with E-state index >= 15 is 0 Å². The van der Waals surface area contributed by atoms with Gasteiger partial charge in [0.1, 0.15) is 5.60 Å². The second-order valence-corrected chi connectivity index (χ2v) is 7.06. The molecule has 2 rings (SSSR count). The van der Waals surface area contributed by atoms with Crippen LogP contribution in [0.3, 0.4) is 0 Å². The zero-order valence-electron chi connectivity index (χ0n) is 14.6. The Morgan fingerprint density at radius 3 is 2.88 bits per heavy atom. The molecule has 132 valence electrons. The molecule has 24 heavy (non-hydrogen) atoms. The lowest BCUT2D eigenvalue weighted by Crippen LogP contribution is -2.36. The van der Waals surface area contributed by atoms with E-state index in [-0.39, 0.29) is 17.7 Å². The first kappa shape index (κ1) is 18.0. The number of likely N-dealkylation sites (tertiary alicyclic amines) is 1. The molecule has 0 saturated carbocycles. The molecule has 1 atom stereocenters. The summed E-state index contributed by atoms with van der Waals surface area (Å²) in [5.41, 5.74) is -0.525. The predicted molar refractivity (Wildman–Crippen MR) is 90.1 cm³/mol. The van der Waals surface area contributed by atoms with Crippen LogP contribution in [0.15, 0.2) is 18.3 Å². The van der Waals surface area contributed by atoms with Gasteiger partial charge in [-0.15, -0.1) is 0 Å². The van der Waals surface area contributed by atoms with Crippen molar-refractivity contribution in [2.45, 2.75) is 32.8 Å². The zero-order chi connectivity index (χ0) is 17.9. The number of nitrogens with zero attached hydrogens (tertiary/aromatic N) is 4. The predicted octanol–water partition coefficient (Wildman–Crippen LogP) is 2.68. The Morgan fingerprint density at radius 1 is 1.54 bits per heavy atom. The van der Waals surface area contributed by atoms with Gasteiger partial charge in [-0.1, -0.05) is 0 Å². The Balaban J connectivity index is 1.96. The Morgan fingerprint density at radius 2 is 2.25 bits per heavy atom. The van der Waals surface area contributed by atoms with Gasteiger partial charge in [0.15, 0.2) is 0 Å². The third-order valence-corrected chi connectivity index (χ3v) is 3.79. The molecule has 0 spiro atoms. The van der Waals surface area contributed by atoms with E-state index in [1.807, 2.05) is 20.8 Å². The van der Waals surface area contributed by atoms with Crippen molar-refractivity contribution < 1.29 is 14.5 Å². The first-order chi connectivity index (χ1) is 11.2. The number of nitro groups is 1. The van der Waals surface area contributed by atoms with E-state index in [0.717, 1.165) is 6.42 Å². The molecular weight excluding hydrogens is 312 g/mol. The number of hydrogen-bond donors (Lipinski definition) is 0. The van der Waals surface area contributed by atoms with Crippen LogP contribution in [0.4, 0.5) is 16.3 Å². The van der Waals surface area contributed by atoms with E-state index in [1.54, 1.807) is 29.1 Å². The molecule has 8 nitrogen and oxygen atoms in total. The van der Waals surface area contributed by atoms with Crippen molar-refractivity contribution in [3.05, 3.63) is 28.4 Å². The maximum Gasteiger partial charge on any atom is 0.410 e. The van der Waals surface area contributed by atoms with Crippen LogP contribution in [0.2, 0.25) is 0 Å². The Labute approximate surface area is 141 Å². The molecule has 1 aromatic heterocycles. The van der Waals surface area contributed by atoms with E-state index in [0.29, 0.717) is 25.5 Å². The quantitative estimate of drug-likeness (QED) is 0.620. The van der Waals surface area contributed by atoms with Crippen molar-refractivity contribution >= 4 is 17.6 Å².